The first-order valence-electron chi connectivity index (χ1n) is 9.14. The minimum Gasteiger partial charge on any atom is -0.546 e. The molecule has 0 amide bonds. The van der Waals surface area contributed by atoms with Gasteiger partial charge in [0.15, 0.2) is 5.76 Å². The minimum absolute atomic E-state index is 0.0247. The van der Waals surface area contributed by atoms with Crippen LogP contribution in [0.3, 0.4) is 0 Å². The second-order valence-corrected chi connectivity index (χ2v) is 8.00. The highest BCUT2D eigenvalue weighted by Crippen LogP contribution is 2.33. The number of fused-ring (bicyclic) bond motifs is 1. The molecule has 0 fully saturated rings. The summed E-state index contributed by atoms with van der Waals surface area (Å²) in [6, 6.07) is 12.9. The molecule has 2 aromatic carbocycles. The molecule has 1 heterocycles. The third kappa shape index (κ3) is 3.79. The van der Waals surface area contributed by atoms with Crippen LogP contribution in [0.4, 0.5) is 0 Å². The van der Waals surface area contributed by atoms with Gasteiger partial charge in [0.25, 0.3) is 0 Å². The SMILES string of the molecule is Cc1ccc2oc(-c3ccc(C(C)(C)C)cc3)c(O[C@@H](C)C(=O)[O-])c(=O)c2c1. The first-order chi connectivity index (χ1) is 13.1. The van der Waals surface area contributed by atoms with E-state index in [4.69, 9.17) is 9.15 Å². The lowest BCUT2D eigenvalue weighted by molar-refractivity contribution is -0.312. The Morgan fingerprint density at radius 2 is 1.75 bits per heavy atom. The molecule has 1 aromatic heterocycles. The Labute approximate surface area is 163 Å². The van der Waals surface area contributed by atoms with Crippen LogP contribution in [0.15, 0.2) is 51.7 Å². The molecule has 0 unspecified atom stereocenters. The van der Waals surface area contributed by atoms with Crippen LogP contribution in [-0.4, -0.2) is 12.1 Å². The molecular weight excluding hydrogens is 356 g/mol. The molecule has 0 bridgehead atoms. The predicted octanol–water partition coefficient (Wildman–Crippen LogP) is 3.58. The normalized spacial score (nSPS) is 12.8. The molecule has 28 heavy (non-hydrogen) atoms. The van der Waals surface area contributed by atoms with Crippen molar-refractivity contribution < 1.29 is 19.1 Å². The van der Waals surface area contributed by atoms with E-state index in [9.17, 15) is 14.7 Å². The lowest BCUT2D eigenvalue weighted by Crippen LogP contribution is -2.38. The van der Waals surface area contributed by atoms with Gasteiger partial charge in [-0.25, -0.2) is 0 Å². The van der Waals surface area contributed by atoms with E-state index in [0.29, 0.717) is 16.5 Å². The summed E-state index contributed by atoms with van der Waals surface area (Å²) in [5, 5.41) is 11.5. The fourth-order valence-electron chi connectivity index (χ4n) is 2.94. The second kappa shape index (κ2) is 7.15. The minimum atomic E-state index is -1.40. The van der Waals surface area contributed by atoms with Gasteiger partial charge in [-0.05, 0) is 37.0 Å². The van der Waals surface area contributed by atoms with Crippen LogP contribution in [0.25, 0.3) is 22.3 Å². The second-order valence-electron chi connectivity index (χ2n) is 8.00. The molecule has 0 aliphatic carbocycles. The van der Waals surface area contributed by atoms with E-state index < -0.39 is 17.5 Å². The molecule has 1 atom stereocenters. The molecular formula is C23H23O5-. The molecule has 146 valence electrons. The summed E-state index contributed by atoms with van der Waals surface area (Å²) in [5.41, 5.74) is 2.63. The molecule has 3 aromatic rings. The van der Waals surface area contributed by atoms with Crippen LogP contribution in [0.5, 0.6) is 5.75 Å². The average Bonchev–Trinajstić information content (AvgIpc) is 2.63. The monoisotopic (exact) mass is 379 g/mol. The lowest BCUT2D eigenvalue weighted by Gasteiger charge is -2.20. The zero-order valence-electron chi connectivity index (χ0n) is 16.7. The fourth-order valence-corrected chi connectivity index (χ4v) is 2.94. The number of hydrogen-bond donors (Lipinski definition) is 0. The van der Waals surface area contributed by atoms with Crippen LogP contribution in [0.1, 0.15) is 38.8 Å². The topological polar surface area (TPSA) is 79.6 Å². The average molecular weight is 379 g/mol. The van der Waals surface area contributed by atoms with Gasteiger partial charge in [0.1, 0.15) is 11.7 Å². The maximum atomic E-state index is 13.1. The van der Waals surface area contributed by atoms with Crippen LogP contribution in [0.2, 0.25) is 0 Å². The molecule has 0 radical (unpaired) electrons. The number of carboxylic acids is 1. The van der Waals surface area contributed by atoms with Gasteiger partial charge in [0.2, 0.25) is 11.2 Å². The van der Waals surface area contributed by atoms with Crippen molar-refractivity contribution in [2.75, 3.05) is 0 Å². The van der Waals surface area contributed by atoms with Crippen molar-refractivity contribution in [1.29, 1.82) is 0 Å². The van der Waals surface area contributed by atoms with Crippen molar-refractivity contribution >= 4 is 16.9 Å². The summed E-state index contributed by atoms with van der Waals surface area (Å²) in [4.78, 5) is 24.2. The fraction of sp³-hybridized carbons (Fsp3) is 0.304. The molecule has 0 aliphatic rings. The number of carboxylic acid groups (broad SMARTS) is 1. The molecule has 0 spiro atoms. The lowest BCUT2D eigenvalue weighted by atomic mass is 9.86. The quantitative estimate of drug-likeness (QED) is 0.692. The summed E-state index contributed by atoms with van der Waals surface area (Å²) in [6.07, 6.45) is -1.29. The van der Waals surface area contributed by atoms with E-state index in [1.807, 2.05) is 37.3 Å². The van der Waals surface area contributed by atoms with Gasteiger partial charge in [-0.3, -0.25) is 4.79 Å². The summed E-state index contributed by atoms with van der Waals surface area (Å²) in [5.74, 6) is -1.33. The molecule has 0 saturated heterocycles. The van der Waals surface area contributed by atoms with E-state index in [2.05, 4.69) is 20.8 Å². The smallest absolute Gasteiger partial charge is 0.235 e. The van der Waals surface area contributed by atoms with Crippen molar-refractivity contribution in [2.45, 2.75) is 46.1 Å². The van der Waals surface area contributed by atoms with Gasteiger partial charge in [0.05, 0.1) is 11.4 Å². The highest BCUT2D eigenvalue weighted by molar-refractivity contribution is 5.83. The van der Waals surface area contributed by atoms with Crippen molar-refractivity contribution in [1.82, 2.24) is 0 Å². The summed E-state index contributed by atoms with van der Waals surface area (Å²) in [6.45, 7) is 9.51. The van der Waals surface area contributed by atoms with Crippen LogP contribution in [-0.2, 0) is 10.2 Å². The molecule has 5 heteroatoms. The van der Waals surface area contributed by atoms with Gasteiger partial charge >= 0.3 is 0 Å². The number of hydrogen-bond acceptors (Lipinski definition) is 5. The van der Waals surface area contributed by atoms with Gasteiger partial charge in [0, 0.05) is 5.56 Å². The summed E-state index contributed by atoms with van der Waals surface area (Å²) in [7, 11) is 0. The molecule has 0 N–H and O–H groups in total. The van der Waals surface area contributed by atoms with Crippen molar-refractivity contribution in [3.05, 3.63) is 63.8 Å². The Bertz CT molecular complexity index is 1080. The highest BCUT2D eigenvalue weighted by Gasteiger charge is 2.21. The number of carbonyl (C=O) groups is 1. The maximum absolute atomic E-state index is 13.1. The van der Waals surface area contributed by atoms with Gasteiger partial charge in [-0.15, -0.1) is 0 Å². The Balaban J connectivity index is 2.23. The van der Waals surface area contributed by atoms with E-state index in [1.54, 1.807) is 12.1 Å². The van der Waals surface area contributed by atoms with Crippen molar-refractivity contribution in [3.8, 4) is 17.1 Å². The number of carbonyl (C=O) groups excluding carboxylic acids is 1. The van der Waals surface area contributed by atoms with Crippen LogP contribution >= 0.6 is 0 Å². The third-order valence-electron chi connectivity index (χ3n) is 4.64. The third-order valence-corrected chi connectivity index (χ3v) is 4.64. The van der Waals surface area contributed by atoms with E-state index in [0.717, 1.165) is 11.1 Å². The number of aliphatic carboxylic acids is 1. The largest absolute Gasteiger partial charge is 0.546 e. The maximum Gasteiger partial charge on any atom is 0.235 e. The molecule has 0 aliphatic heterocycles. The van der Waals surface area contributed by atoms with E-state index in [1.165, 1.54) is 6.92 Å². The van der Waals surface area contributed by atoms with E-state index in [-0.39, 0.29) is 16.9 Å². The summed E-state index contributed by atoms with van der Waals surface area (Å²) >= 11 is 0. The highest BCUT2D eigenvalue weighted by atomic mass is 16.5. The number of ether oxygens (including phenoxy) is 1. The molecule has 0 saturated carbocycles. The zero-order valence-corrected chi connectivity index (χ0v) is 16.7. The standard InChI is InChI=1S/C23H24O5/c1-13-6-11-18-17(12-13)19(24)21(27-14(2)22(25)26)20(28-18)15-7-9-16(10-8-15)23(3,4)5/h6-12,14H,1-5H3,(H,25,26)/p-1/t14-/m0/s1. The van der Waals surface area contributed by atoms with Crippen molar-refractivity contribution in [2.24, 2.45) is 0 Å². The van der Waals surface area contributed by atoms with Crippen molar-refractivity contribution in [3.63, 3.8) is 0 Å². The number of aryl methyl sites for hydroxylation is 1. The van der Waals surface area contributed by atoms with Crippen LogP contribution in [0, 0.1) is 6.92 Å². The predicted molar refractivity (Wildman–Crippen MR) is 106 cm³/mol. The zero-order chi connectivity index (χ0) is 20.6. The summed E-state index contributed by atoms with van der Waals surface area (Å²) < 4.78 is 11.5. The first-order valence-corrected chi connectivity index (χ1v) is 9.14. The molecule has 5 nitrogen and oxygen atoms in total. The number of benzene rings is 2. The Morgan fingerprint density at radius 1 is 1.11 bits per heavy atom. The number of rotatable bonds is 4. The van der Waals surface area contributed by atoms with Gasteiger partial charge < -0.3 is 19.1 Å². The Hall–Kier alpha value is -3.08. The first kappa shape index (κ1) is 19.7. The molecule has 3 rings (SSSR count). The van der Waals surface area contributed by atoms with Crippen LogP contribution < -0.4 is 15.3 Å². The van der Waals surface area contributed by atoms with Gasteiger partial charge in [-0.1, -0.05) is 56.7 Å². The van der Waals surface area contributed by atoms with E-state index >= 15 is 0 Å². The Morgan fingerprint density at radius 3 is 2.32 bits per heavy atom. The Kier molecular flexibility index (Phi) is 5.02. The van der Waals surface area contributed by atoms with Gasteiger partial charge in [-0.2, -0.15) is 0 Å².